The molecule has 0 aromatic carbocycles. The number of hydrogen-bond donors (Lipinski definition) is 2. The first-order chi connectivity index (χ1) is 9.38. The maximum absolute atomic E-state index is 8.73. The van der Waals surface area contributed by atoms with Gasteiger partial charge in [-0.1, -0.05) is 5.21 Å². The van der Waals surface area contributed by atoms with Crippen LogP contribution in [0.4, 0.5) is 0 Å². The van der Waals surface area contributed by atoms with Gasteiger partial charge in [0.15, 0.2) is 0 Å². The normalized spacial score (nSPS) is 11.0. The maximum Gasteiger partial charge on any atom is 0.0964 e. The number of nitrogens with one attached hydrogen (secondary N) is 1. The first-order valence-electron chi connectivity index (χ1n) is 6.56. The molecule has 104 valence electrons. The van der Waals surface area contributed by atoms with Crippen LogP contribution in [-0.2, 0) is 19.6 Å². The Morgan fingerprint density at radius 2 is 2.11 bits per heavy atom. The zero-order valence-corrected chi connectivity index (χ0v) is 10.9. The van der Waals surface area contributed by atoms with E-state index in [-0.39, 0.29) is 6.61 Å². The highest BCUT2D eigenvalue weighted by molar-refractivity contribution is 4.91. The lowest BCUT2D eigenvalue weighted by Crippen LogP contribution is -2.16. The number of aromatic nitrogens is 5. The van der Waals surface area contributed by atoms with Gasteiger partial charge in [-0.2, -0.15) is 5.10 Å². The summed E-state index contributed by atoms with van der Waals surface area (Å²) in [6.45, 7) is 3.45. The van der Waals surface area contributed by atoms with Crippen LogP contribution in [0.5, 0.6) is 0 Å². The first kappa shape index (κ1) is 13.7. The Kier molecular flexibility index (Phi) is 5.51. The molecule has 0 saturated heterocycles. The molecule has 0 atom stereocenters. The molecule has 2 N–H and O–H groups in total. The summed E-state index contributed by atoms with van der Waals surface area (Å²) in [6, 6.07) is 1.93. The van der Waals surface area contributed by atoms with E-state index in [0.29, 0.717) is 13.0 Å². The van der Waals surface area contributed by atoms with Crippen molar-refractivity contribution in [2.45, 2.75) is 32.5 Å². The largest absolute Gasteiger partial charge is 0.396 e. The molecule has 0 fully saturated rings. The van der Waals surface area contributed by atoms with Crippen LogP contribution in [0.25, 0.3) is 0 Å². The quantitative estimate of drug-likeness (QED) is 0.625. The number of nitrogens with zero attached hydrogens (tertiary/aromatic N) is 5. The summed E-state index contributed by atoms with van der Waals surface area (Å²) >= 11 is 0. The fourth-order valence-corrected chi connectivity index (χ4v) is 1.78. The monoisotopic (exact) mass is 264 g/mol. The van der Waals surface area contributed by atoms with Crippen LogP contribution in [0.3, 0.4) is 0 Å². The zero-order valence-electron chi connectivity index (χ0n) is 10.9. The highest BCUT2D eigenvalue weighted by atomic mass is 16.3. The first-order valence-corrected chi connectivity index (χ1v) is 6.56. The summed E-state index contributed by atoms with van der Waals surface area (Å²) in [5, 5.41) is 24.3. The van der Waals surface area contributed by atoms with Crippen molar-refractivity contribution in [1.82, 2.24) is 30.1 Å². The predicted molar refractivity (Wildman–Crippen MR) is 70.3 cm³/mol. The molecule has 0 spiro atoms. The molecule has 0 saturated carbocycles. The Morgan fingerprint density at radius 1 is 1.21 bits per heavy atom. The molecule has 0 aliphatic heterocycles. The Labute approximate surface area is 112 Å². The molecule has 0 radical (unpaired) electrons. The molecular weight excluding hydrogens is 244 g/mol. The molecule has 0 bridgehead atoms. The average molecular weight is 264 g/mol. The summed E-state index contributed by atoms with van der Waals surface area (Å²) in [4.78, 5) is 0. The van der Waals surface area contributed by atoms with Crippen LogP contribution >= 0.6 is 0 Å². The van der Waals surface area contributed by atoms with Gasteiger partial charge in [0.2, 0.25) is 0 Å². The summed E-state index contributed by atoms with van der Waals surface area (Å²) in [6.07, 6.45) is 7.40. The predicted octanol–water partition coefficient (Wildman–Crippen LogP) is 0.0369. The van der Waals surface area contributed by atoms with Gasteiger partial charge in [0, 0.05) is 44.8 Å². The zero-order chi connectivity index (χ0) is 13.3. The topological polar surface area (TPSA) is 80.8 Å². The lowest BCUT2D eigenvalue weighted by molar-refractivity contribution is 0.276. The van der Waals surface area contributed by atoms with E-state index in [1.165, 1.54) is 0 Å². The van der Waals surface area contributed by atoms with E-state index in [9.17, 15) is 0 Å². The fourth-order valence-electron chi connectivity index (χ4n) is 1.78. The maximum atomic E-state index is 8.73. The van der Waals surface area contributed by atoms with Crippen molar-refractivity contribution < 1.29 is 5.11 Å². The van der Waals surface area contributed by atoms with E-state index >= 15 is 0 Å². The minimum Gasteiger partial charge on any atom is -0.396 e. The van der Waals surface area contributed by atoms with Crippen LogP contribution in [0.15, 0.2) is 24.7 Å². The van der Waals surface area contributed by atoms with Gasteiger partial charge in [0.05, 0.1) is 5.69 Å². The summed E-state index contributed by atoms with van der Waals surface area (Å²) in [5.41, 5.74) is 0.928. The standard InChI is InChI=1S/C12H20N6O/c19-9-3-8-18-11-12(15-16-18)10-13-4-1-6-17-7-2-5-14-17/h2,5,7,11,13,19H,1,3-4,6,8-10H2. The van der Waals surface area contributed by atoms with E-state index in [2.05, 4.69) is 20.7 Å². The Hall–Kier alpha value is -1.73. The molecule has 19 heavy (non-hydrogen) atoms. The molecular formula is C12H20N6O. The molecule has 0 aliphatic carbocycles. The van der Waals surface area contributed by atoms with Gasteiger partial charge >= 0.3 is 0 Å². The van der Waals surface area contributed by atoms with Crippen molar-refractivity contribution in [3.05, 3.63) is 30.4 Å². The summed E-state index contributed by atoms with van der Waals surface area (Å²) < 4.78 is 3.68. The second kappa shape index (κ2) is 7.65. The van der Waals surface area contributed by atoms with E-state index < -0.39 is 0 Å². The van der Waals surface area contributed by atoms with E-state index in [0.717, 1.165) is 31.7 Å². The van der Waals surface area contributed by atoms with Crippen molar-refractivity contribution in [3.8, 4) is 0 Å². The van der Waals surface area contributed by atoms with Gasteiger partial charge in [-0.15, -0.1) is 5.10 Å². The van der Waals surface area contributed by atoms with Crippen molar-refractivity contribution in [2.24, 2.45) is 0 Å². The average Bonchev–Trinajstić information content (AvgIpc) is 3.07. The third-order valence-electron chi connectivity index (χ3n) is 2.74. The number of aryl methyl sites for hydroxylation is 2. The molecule has 0 aliphatic rings. The van der Waals surface area contributed by atoms with Crippen molar-refractivity contribution in [2.75, 3.05) is 13.2 Å². The number of aliphatic hydroxyl groups is 1. The Morgan fingerprint density at radius 3 is 2.89 bits per heavy atom. The summed E-state index contributed by atoms with van der Waals surface area (Å²) in [7, 11) is 0. The summed E-state index contributed by atoms with van der Waals surface area (Å²) in [5.74, 6) is 0. The lowest BCUT2D eigenvalue weighted by Gasteiger charge is -2.02. The fraction of sp³-hybridized carbons (Fsp3) is 0.583. The second-order valence-electron chi connectivity index (χ2n) is 4.35. The van der Waals surface area contributed by atoms with Gasteiger partial charge in [-0.05, 0) is 25.5 Å². The van der Waals surface area contributed by atoms with Crippen molar-refractivity contribution in [1.29, 1.82) is 0 Å². The third kappa shape index (κ3) is 4.80. The van der Waals surface area contributed by atoms with Gasteiger partial charge in [0.25, 0.3) is 0 Å². The van der Waals surface area contributed by atoms with Gasteiger partial charge in [0.1, 0.15) is 0 Å². The smallest absolute Gasteiger partial charge is 0.0964 e. The molecule has 0 unspecified atom stereocenters. The number of hydrogen-bond acceptors (Lipinski definition) is 5. The molecule has 2 heterocycles. The molecule has 2 aromatic rings. The minimum atomic E-state index is 0.181. The van der Waals surface area contributed by atoms with Crippen LogP contribution in [0.2, 0.25) is 0 Å². The Balaban J connectivity index is 1.58. The lowest BCUT2D eigenvalue weighted by atomic mass is 10.4. The Bertz CT molecular complexity index is 452. The minimum absolute atomic E-state index is 0.181. The number of rotatable bonds is 9. The van der Waals surface area contributed by atoms with Gasteiger partial charge < -0.3 is 10.4 Å². The molecule has 7 heteroatoms. The molecule has 2 rings (SSSR count). The highest BCUT2D eigenvalue weighted by Crippen LogP contribution is 1.95. The molecule has 7 nitrogen and oxygen atoms in total. The van der Waals surface area contributed by atoms with Gasteiger partial charge in [-0.3, -0.25) is 9.36 Å². The molecule has 0 amide bonds. The third-order valence-corrected chi connectivity index (χ3v) is 2.74. The van der Waals surface area contributed by atoms with Crippen LogP contribution < -0.4 is 5.32 Å². The van der Waals surface area contributed by atoms with Crippen LogP contribution in [-0.4, -0.2) is 43.0 Å². The van der Waals surface area contributed by atoms with E-state index in [1.54, 1.807) is 10.9 Å². The van der Waals surface area contributed by atoms with Gasteiger partial charge in [-0.25, -0.2) is 0 Å². The van der Waals surface area contributed by atoms with Crippen LogP contribution in [0.1, 0.15) is 18.5 Å². The number of aliphatic hydroxyl groups excluding tert-OH is 1. The highest BCUT2D eigenvalue weighted by Gasteiger charge is 2.00. The SMILES string of the molecule is OCCCn1cc(CNCCCn2cccn2)nn1. The van der Waals surface area contributed by atoms with Crippen molar-refractivity contribution in [3.63, 3.8) is 0 Å². The van der Waals surface area contributed by atoms with Crippen LogP contribution in [0, 0.1) is 0 Å². The van der Waals surface area contributed by atoms with E-state index in [1.807, 2.05) is 23.1 Å². The molecule has 2 aromatic heterocycles. The van der Waals surface area contributed by atoms with E-state index in [4.69, 9.17) is 5.11 Å². The van der Waals surface area contributed by atoms with Crippen molar-refractivity contribution >= 4 is 0 Å². The second-order valence-corrected chi connectivity index (χ2v) is 4.35.